The number of amides is 2. The molecule has 1 aliphatic carbocycles. The molecule has 36 heavy (non-hydrogen) atoms. The Kier molecular flexibility index (Phi) is 7.08. The first-order valence-corrected chi connectivity index (χ1v) is 12.3. The van der Waals surface area contributed by atoms with Crippen molar-refractivity contribution in [2.24, 2.45) is 5.92 Å². The van der Waals surface area contributed by atoms with E-state index in [1.807, 2.05) is 0 Å². The minimum Gasteiger partial charge on any atom is -0.334 e. The summed E-state index contributed by atoms with van der Waals surface area (Å²) in [6, 6.07) is 10.00. The Morgan fingerprint density at radius 1 is 1.22 bits per heavy atom. The van der Waals surface area contributed by atoms with Crippen molar-refractivity contribution >= 4 is 40.1 Å². The van der Waals surface area contributed by atoms with Gasteiger partial charge in [0.2, 0.25) is 0 Å². The predicted molar refractivity (Wildman–Crippen MR) is 137 cm³/mol. The molecule has 2 aromatic heterocycles. The number of nitrogens with one attached hydrogen (secondary N) is 2. The highest BCUT2D eigenvalue weighted by Crippen LogP contribution is 2.39. The number of alkyl halides is 2. The lowest BCUT2D eigenvalue weighted by atomic mass is 9.96. The third kappa shape index (κ3) is 5.09. The zero-order chi connectivity index (χ0) is 26.2. The van der Waals surface area contributed by atoms with Crippen molar-refractivity contribution < 1.29 is 18.4 Å². The highest BCUT2D eigenvalue weighted by atomic mass is 127. The van der Waals surface area contributed by atoms with E-state index in [0.717, 1.165) is 27.2 Å². The molecule has 2 heterocycles. The lowest BCUT2D eigenvalue weighted by Crippen LogP contribution is -2.47. The highest BCUT2D eigenvalue weighted by molar-refractivity contribution is 14.1. The van der Waals surface area contributed by atoms with Gasteiger partial charge in [0.1, 0.15) is 16.9 Å². The van der Waals surface area contributed by atoms with Crippen LogP contribution in [0.2, 0.25) is 0 Å². The van der Waals surface area contributed by atoms with Gasteiger partial charge in [0.15, 0.2) is 5.82 Å². The lowest BCUT2D eigenvalue weighted by molar-refractivity contribution is 0.0918. The number of hydrogen-bond donors (Lipinski definition) is 2. The number of halogens is 3. The van der Waals surface area contributed by atoms with Gasteiger partial charge in [-0.25, -0.2) is 18.4 Å². The number of nitrogens with zero attached hydrogens (tertiary/aromatic N) is 4. The monoisotopic (exact) mass is 604 g/mol. The summed E-state index contributed by atoms with van der Waals surface area (Å²) in [5.41, 5.74) is -0.138. The summed E-state index contributed by atoms with van der Waals surface area (Å²) in [6.45, 7) is 5.14. The number of pyridine rings is 1. The fraction of sp³-hybridized carbons (Fsp3) is 0.320. The number of anilines is 1. The first-order chi connectivity index (χ1) is 17.0. The van der Waals surface area contributed by atoms with E-state index >= 15 is 0 Å². The van der Waals surface area contributed by atoms with E-state index in [-0.39, 0.29) is 28.7 Å². The van der Waals surface area contributed by atoms with E-state index in [9.17, 15) is 23.6 Å². The van der Waals surface area contributed by atoms with Crippen molar-refractivity contribution in [1.82, 2.24) is 20.1 Å². The molecule has 0 radical (unpaired) electrons. The second-order valence-electron chi connectivity index (χ2n) is 8.95. The molecule has 2 N–H and O–H groups in total. The fourth-order valence-corrected chi connectivity index (χ4v) is 4.76. The van der Waals surface area contributed by atoms with Gasteiger partial charge in [-0.1, -0.05) is 6.07 Å². The van der Waals surface area contributed by atoms with Gasteiger partial charge < -0.3 is 10.6 Å². The smallest absolute Gasteiger partial charge is 0.282 e. The molecular formula is C25H23F2IN6O2. The number of aromatic nitrogens is 3. The van der Waals surface area contributed by atoms with Crippen LogP contribution in [0.25, 0.3) is 5.82 Å². The molecule has 11 heteroatoms. The number of rotatable bonds is 7. The highest BCUT2D eigenvalue weighted by Gasteiger charge is 2.43. The average Bonchev–Trinajstić information content (AvgIpc) is 3.60. The summed E-state index contributed by atoms with van der Waals surface area (Å²) < 4.78 is 28.8. The van der Waals surface area contributed by atoms with E-state index in [1.54, 1.807) is 45.0 Å². The predicted octanol–water partition coefficient (Wildman–Crippen LogP) is 5.10. The Labute approximate surface area is 220 Å². The maximum absolute atomic E-state index is 13.5. The van der Waals surface area contributed by atoms with E-state index in [2.05, 4.69) is 49.4 Å². The number of nitriles is 1. The van der Waals surface area contributed by atoms with Crippen LogP contribution in [0.4, 0.5) is 14.5 Å². The second-order valence-corrected chi connectivity index (χ2v) is 10.2. The molecule has 8 nitrogen and oxygen atoms in total. The van der Waals surface area contributed by atoms with Crippen LogP contribution in [0.15, 0.2) is 36.5 Å². The maximum atomic E-state index is 13.5. The minimum atomic E-state index is -2.89. The van der Waals surface area contributed by atoms with Crippen molar-refractivity contribution in [3.05, 3.63) is 68.2 Å². The van der Waals surface area contributed by atoms with Crippen LogP contribution in [0, 0.1) is 34.7 Å². The summed E-state index contributed by atoms with van der Waals surface area (Å²) in [6.07, 6.45) is 0.283. The number of benzene rings is 1. The number of carbonyl (C=O) groups excluding carboxylic acids is 2. The van der Waals surface area contributed by atoms with Crippen LogP contribution in [-0.4, -0.2) is 32.1 Å². The SMILES string of the molecule is Cc1cccnc1-n1nc(C(F)F)cc1C(=O)Nc1c(C)cc(I)cc1C(=O)NC(C)(C#N)C1CC1. The third-order valence-corrected chi connectivity index (χ3v) is 6.77. The zero-order valence-electron chi connectivity index (χ0n) is 19.8. The Bertz CT molecular complexity index is 1400. The van der Waals surface area contributed by atoms with Crippen molar-refractivity contribution in [2.45, 2.75) is 45.6 Å². The molecule has 1 atom stereocenters. The molecule has 186 valence electrons. The number of carbonyl (C=O) groups is 2. The van der Waals surface area contributed by atoms with Gasteiger partial charge in [0, 0.05) is 9.77 Å². The normalized spacial score (nSPS) is 14.7. The average molecular weight is 604 g/mol. The van der Waals surface area contributed by atoms with Crippen LogP contribution >= 0.6 is 22.6 Å². The van der Waals surface area contributed by atoms with Crippen LogP contribution < -0.4 is 10.6 Å². The lowest BCUT2D eigenvalue weighted by Gasteiger charge is -2.24. The number of hydrogen-bond acceptors (Lipinski definition) is 5. The molecule has 0 aliphatic heterocycles. The molecule has 1 saturated carbocycles. The molecule has 4 rings (SSSR count). The quantitative estimate of drug-likeness (QED) is 0.365. The molecule has 0 saturated heterocycles. The molecule has 1 unspecified atom stereocenters. The summed E-state index contributed by atoms with van der Waals surface area (Å²) >= 11 is 2.06. The molecular weight excluding hydrogens is 581 g/mol. The van der Waals surface area contributed by atoms with Crippen molar-refractivity contribution in [3.63, 3.8) is 0 Å². The Morgan fingerprint density at radius 3 is 2.56 bits per heavy atom. The molecule has 1 aliphatic rings. The fourth-order valence-electron chi connectivity index (χ4n) is 3.98. The van der Waals surface area contributed by atoms with Crippen LogP contribution in [0.3, 0.4) is 0 Å². The summed E-state index contributed by atoms with van der Waals surface area (Å²) in [5.74, 6) is -0.938. The van der Waals surface area contributed by atoms with Gasteiger partial charge in [-0.05, 0) is 97.5 Å². The van der Waals surface area contributed by atoms with Crippen LogP contribution in [0.5, 0.6) is 0 Å². The Balaban J connectivity index is 1.73. The zero-order valence-corrected chi connectivity index (χ0v) is 21.9. The largest absolute Gasteiger partial charge is 0.334 e. The van der Waals surface area contributed by atoms with E-state index in [4.69, 9.17) is 0 Å². The van der Waals surface area contributed by atoms with Crippen molar-refractivity contribution in [3.8, 4) is 11.9 Å². The Morgan fingerprint density at radius 2 is 1.94 bits per heavy atom. The summed E-state index contributed by atoms with van der Waals surface area (Å²) in [7, 11) is 0. The molecule has 1 aromatic carbocycles. The molecule has 3 aromatic rings. The van der Waals surface area contributed by atoms with Crippen LogP contribution in [0.1, 0.15) is 63.9 Å². The van der Waals surface area contributed by atoms with Crippen molar-refractivity contribution in [1.29, 1.82) is 5.26 Å². The van der Waals surface area contributed by atoms with Gasteiger partial charge in [-0.15, -0.1) is 0 Å². The molecule has 1 fully saturated rings. The van der Waals surface area contributed by atoms with Gasteiger partial charge >= 0.3 is 0 Å². The van der Waals surface area contributed by atoms with Gasteiger partial charge in [0.25, 0.3) is 18.2 Å². The third-order valence-electron chi connectivity index (χ3n) is 6.15. The van der Waals surface area contributed by atoms with E-state index < -0.39 is 29.5 Å². The Hall–Kier alpha value is -3.40. The molecule has 0 bridgehead atoms. The van der Waals surface area contributed by atoms with Gasteiger partial charge in [-0.3, -0.25) is 9.59 Å². The van der Waals surface area contributed by atoms with E-state index in [1.165, 1.54) is 6.20 Å². The maximum Gasteiger partial charge on any atom is 0.282 e. The van der Waals surface area contributed by atoms with Crippen molar-refractivity contribution in [2.75, 3.05) is 5.32 Å². The minimum absolute atomic E-state index is 0.0668. The van der Waals surface area contributed by atoms with Gasteiger partial charge in [0.05, 0.1) is 17.3 Å². The standard InChI is InChI=1S/C25H23F2IN6O2/c1-13-5-4-8-30-22(13)34-19(11-18(33-34)21(26)27)24(36)31-20-14(2)9-16(28)10-17(20)23(35)32-25(3,12-29)15-6-7-15/h4-5,8-11,15,21H,6-7H2,1-3H3,(H,31,36)(H,32,35). The molecule has 2 amide bonds. The first kappa shape index (κ1) is 25.7. The van der Waals surface area contributed by atoms with Crippen LogP contribution in [-0.2, 0) is 0 Å². The topological polar surface area (TPSA) is 113 Å². The summed E-state index contributed by atoms with van der Waals surface area (Å²) in [4.78, 5) is 30.9. The first-order valence-electron chi connectivity index (χ1n) is 11.2. The summed E-state index contributed by atoms with van der Waals surface area (Å²) in [5, 5.41) is 19.1. The van der Waals surface area contributed by atoms with Gasteiger partial charge in [-0.2, -0.15) is 10.4 Å². The number of aryl methyl sites for hydroxylation is 2. The second kappa shape index (κ2) is 9.93. The molecule has 0 spiro atoms. The van der Waals surface area contributed by atoms with E-state index in [0.29, 0.717) is 11.1 Å².